The molecule has 1 amide bonds. The van der Waals surface area contributed by atoms with Crippen molar-refractivity contribution in [2.75, 3.05) is 12.4 Å². The van der Waals surface area contributed by atoms with Crippen molar-refractivity contribution in [1.29, 1.82) is 0 Å². The van der Waals surface area contributed by atoms with Crippen molar-refractivity contribution in [3.8, 4) is 0 Å². The van der Waals surface area contributed by atoms with Crippen LogP contribution in [-0.2, 0) is 16.1 Å². The summed E-state index contributed by atoms with van der Waals surface area (Å²) in [6, 6.07) is 3.54. The molecule has 0 aliphatic carbocycles. The monoisotopic (exact) mass is 309 g/mol. The molecule has 0 atom stereocenters. The van der Waals surface area contributed by atoms with Gasteiger partial charge in [-0.25, -0.2) is 9.78 Å². The second kappa shape index (κ2) is 7.53. The molecule has 2 N–H and O–H groups in total. The largest absolute Gasteiger partial charge is 0.467 e. The summed E-state index contributed by atoms with van der Waals surface area (Å²) in [6.45, 7) is 2.38. The number of hydrogen-bond donors (Lipinski definition) is 2. The second-order valence-corrected chi connectivity index (χ2v) is 4.93. The van der Waals surface area contributed by atoms with Crippen LogP contribution in [0, 0.1) is 0 Å². The number of nitrogens with zero attached hydrogens (tertiary/aromatic N) is 1. The highest BCUT2D eigenvalue weighted by Gasteiger charge is 2.11. The fourth-order valence-electron chi connectivity index (χ4n) is 1.47. The summed E-state index contributed by atoms with van der Waals surface area (Å²) in [6.07, 6.45) is 2.94. The number of hydrogen-bond acceptors (Lipinski definition) is 6. The Morgan fingerprint density at radius 3 is 3.10 bits per heavy atom. The summed E-state index contributed by atoms with van der Waals surface area (Å²) in [5, 5.41) is 3.21. The molecule has 2 aromatic heterocycles. The van der Waals surface area contributed by atoms with Gasteiger partial charge in [-0.1, -0.05) is 11.8 Å². The van der Waals surface area contributed by atoms with Gasteiger partial charge in [-0.2, -0.15) is 0 Å². The van der Waals surface area contributed by atoms with Gasteiger partial charge in [0.25, 0.3) is 0 Å². The third-order valence-electron chi connectivity index (χ3n) is 2.43. The average Bonchev–Trinajstić information content (AvgIpc) is 3.14. The van der Waals surface area contributed by atoms with Gasteiger partial charge in [0.05, 0.1) is 31.4 Å². The summed E-state index contributed by atoms with van der Waals surface area (Å²) in [5.74, 6) is 0.275. The SMILES string of the molecule is CCOC(=O)c1cnc(SCC(=O)NCc2ccco2)[nH]1. The summed E-state index contributed by atoms with van der Waals surface area (Å²) in [4.78, 5) is 29.9. The molecule has 2 heterocycles. The average molecular weight is 309 g/mol. The minimum Gasteiger partial charge on any atom is -0.467 e. The van der Waals surface area contributed by atoms with E-state index in [0.717, 1.165) is 0 Å². The van der Waals surface area contributed by atoms with Crippen molar-refractivity contribution in [3.63, 3.8) is 0 Å². The summed E-state index contributed by atoms with van der Waals surface area (Å²) >= 11 is 1.20. The highest BCUT2D eigenvalue weighted by atomic mass is 32.2. The van der Waals surface area contributed by atoms with Crippen LogP contribution in [0.5, 0.6) is 0 Å². The van der Waals surface area contributed by atoms with Gasteiger partial charge in [0, 0.05) is 0 Å². The standard InChI is InChI=1S/C13H15N3O4S/c1-2-19-12(18)10-7-15-13(16-10)21-8-11(17)14-6-9-4-3-5-20-9/h3-5,7H,2,6,8H2,1H3,(H,14,17)(H,15,16). The first kappa shape index (κ1) is 15.2. The summed E-state index contributed by atoms with van der Waals surface area (Å²) in [5.41, 5.74) is 0.273. The number of imidazole rings is 1. The van der Waals surface area contributed by atoms with Crippen molar-refractivity contribution < 1.29 is 18.7 Å². The van der Waals surface area contributed by atoms with Gasteiger partial charge in [-0.15, -0.1) is 0 Å². The lowest BCUT2D eigenvalue weighted by molar-refractivity contribution is -0.118. The van der Waals surface area contributed by atoms with Gasteiger partial charge in [-0.05, 0) is 19.1 Å². The number of furan rings is 1. The predicted molar refractivity (Wildman–Crippen MR) is 75.8 cm³/mol. The summed E-state index contributed by atoms with van der Waals surface area (Å²) < 4.78 is 9.95. The molecule has 8 heteroatoms. The van der Waals surface area contributed by atoms with Crippen molar-refractivity contribution in [3.05, 3.63) is 36.0 Å². The van der Waals surface area contributed by atoms with E-state index in [0.29, 0.717) is 24.1 Å². The lowest BCUT2D eigenvalue weighted by Crippen LogP contribution is -2.24. The van der Waals surface area contributed by atoms with Gasteiger partial charge in [0.15, 0.2) is 5.16 Å². The van der Waals surface area contributed by atoms with Gasteiger partial charge in [0.2, 0.25) is 5.91 Å². The normalized spacial score (nSPS) is 10.3. The van der Waals surface area contributed by atoms with Crippen LogP contribution < -0.4 is 5.32 Å². The van der Waals surface area contributed by atoms with E-state index in [1.807, 2.05) is 0 Å². The van der Waals surface area contributed by atoms with E-state index in [4.69, 9.17) is 9.15 Å². The molecular formula is C13H15N3O4S. The molecule has 2 rings (SSSR count). The zero-order chi connectivity index (χ0) is 15.1. The van der Waals surface area contributed by atoms with Crippen molar-refractivity contribution >= 4 is 23.6 Å². The molecule has 0 bridgehead atoms. The molecule has 0 spiro atoms. The Morgan fingerprint density at radius 1 is 1.52 bits per heavy atom. The lowest BCUT2D eigenvalue weighted by atomic mass is 10.4. The number of ether oxygens (including phenoxy) is 1. The van der Waals surface area contributed by atoms with Crippen LogP contribution >= 0.6 is 11.8 Å². The topological polar surface area (TPSA) is 97.2 Å². The molecule has 112 valence electrons. The first-order chi connectivity index (χ1) is 10.2. The highest BCUT2D eigenvalue weighted by molar-refractivity contribution is 7.99. The Bertz CT molecular complexity index is 594. The van der Waals surface area contributed by atoms with Crippen LogP contribution in [-0.4, -0.2) is 34.2 Å². The summed E-state index contributed by atoms with van der Waals surface area (Å²) in [7, 11) is 0. The molecule has 0 aliphatic heterocycles. The van der Waals surface area contributed by atoms with E-state index in [2.05, 4.69) is 15.3 Å². The number of thioether (sulfide) groups is 1. The maximum atomic E-state index is 11.6. The number of H-pyrrole nitrogens is 1. The van der Waals surface area contributed by atoms with Gasteiger partial charge in [0.1, 0.15) is 11.5 Å². The van der Waals surface area contributed by atoms with Crippen LogP contribution in [0.3, 0.4) is 0 Å². The molecule has 0 saturated heterocycles. The van der Waals surface area contributed by atoms with E-state index in [1.165, 1.54) is 18.0 Å². The van der Waals surface area contributed by atoms with E-state index >= 15 is 0 Å². The molecule has 0 aromatic carbocycles. The molecule has 0 fully saturated rings. The maximum absolute atomic E-state index is 11.6. The minimum atomic E-state index is -0.459. The van der Waals surface area contributed by atoms with Crippen LogP contribution in [0.4, 0.5) is 0 Å². The van der Waals surface area contributed by atoms with Gasteiger partial charge >= 0.3 is 5.97 Å². The number of carbonyl (C=O) groups excluding carboxylic acids is 2. The predicted octanol–water partition coefficient (Wildman–Crippen LogP) is 1.59. The van der Waals surface area contributed by atoms with E-state index in [9.17, 15) is 9.59 Å². The van der Waals surface area contributed by atoms with Crippen molar-refractivity contribution in [2.24, 2.45) is 0 Å². The van der Waals surface area contributed by atoms with Crippen LogP contribution in [0.15, 0.2) is 34.2 Å². The molecule has 21 heavy (non-hydrogen) atoms. The number of rotatable bonds is 7. The first-order valence-corrected chi connectivity index (χ1v) is 7.31. The molecular weight excluding hydrogens is 294 g/mol. The fraction of sp³-hybridized carbons (Fsp3) is 0.308. The lowest BCUT2D eigenvalue weighted by Gasteiger charge is -2.01. The Kier molecular flexibility index (Phi) is 5.44. The molecule has 0 saturated carbocycles. The number of carbonyl (C=O) groups is 2. The molecule has 7 nitrogen and oxygen atoms in total. The van der Waals surface area contributed by atoms with Crippen molar-refractivity contribution in [2.45, 2.75) is 18.6 Å². The number of amides is 1. The minimum absolute atomic E-state index is 0.148. The number of aromatic amines is 1. The molecule has 0 unspecified atom stereocenters. The number of nitrogens with one attached hydrogen (secondary N) is 2. The van der Waals surface area contributed by atoms with Gasteiger partial charge < -0.3 is 19.5 Å². The number of esters is 1. The first-order valence-electron chi connectivity index (χ1n) is 6.33. The zero-order valence-electron chi connectivity index (χ0n) is 11.4. The highest BCUT2D eigenvalue weighted by Crippen LogP contribution is 2.13. The van der Waals surface area contributed by atoms with Crippen LogP contribution in [0.25, 0.3) is 0 Å². The Morgan fingerprint density at radius 2 is 2.38 bits per heavy atom. The zero-order valence-corrected chi connectivity index (χ0v) is 12.2. The Hall–Kier alpha value is -2.22. The van der Waals surface area contributed by atoms with E-state index in [-0.39, 0.29) is 17.4 Å². The third-order valence-corrected chi connectivity index (χ3v) is 3.32. The molecule has 2 aromatic rings. The Balaban J connectivity index is 1.75. The smallest absolute Gasteiger partial charge is 0.356 e. The maximum Gasteiger partial charge on any atom is 0.356 e. The van der Waals surface area contributed by atoms with E-state index in [1.54, 1.807) is 25.3 Å². The second-order valence-electron chi connectivity index (χ2n) is 3.97. The molecule has 0 aliphatic rings. The molecule has 0 radical (unpaired) electrons. The van der Waals surface area contributed by atoms with Crippen LogP contribution in [0.1, 0.15) is 23.2 Å². The fourth-order valence-corrected chi connectivity index (χ4v) is 2.15. The van der Waals surface area contributed by atoms with Crippen molar-refractivity contribution in [1.82, 2.24) is 15.3 Å². The van der Waals surface area contributed by atoms with Gasteiger partial charge in [-0.3, -0.25) is 4.79 Å². The Labute approximate surface area is 125 Å². The van der Waals surface area contributed by atoms with E-state index < -0.39 is 5.97 Å². The number of aromatic nitrogens is 2. The van der Waals surface area contributed by atoms with Crippen LogP contribution in [0.2, 0.25) is 0 Å². The quantitative estimate of drug-likeness (QED) is 0.595. The third kappa shape index (κ3) is 4.67.